The van der Waals surface area contributed by atoms with Crippen molar-refractivity contribution < 1.29 is 9.53 Å². The van der Waals surface area contributed by atoms with Crippen LogP contribution in [0.15, 0.2) is 24.3 Å². The van der Waals surface area contributed by atoms with Gasteiger partial charge in [-0.05, 0) is 24.6 Å². The van der Waals surface area contributed by atoms with Gasteiger partial charge in [0.1, 0.15) is 0 Å². The number of ether oxygens (including phenoxy) is 1. The Morgan fingerprint density at radius 1 is 1.38 bits per heavy atom. The van der Waals surface area contributed by atoms with Crippen LogP contribution >= 0.6 is 11.6 Å². The lowest BCUT2D eigenvalue weighted by Gasteiger charge is -2.08. The van der Waals surface area contributed by atoms with Crippen LogP contribution in [0.1, 0.15) is 18.4 Å². The zero-order chi connectivity index (χ0) is 9.84. The van der Waals surface area contributed by atoms with Crippen LogP contribution in [0.5, 0.6) is 0 Å². The molecule has 2 nitrogen and oxygen atoms in total. The number of carbonyl (C=O) groups excluding carboxylic acids is 1. The van der Waals surface area contributed by atoms with Gasteiger partial charge in [0.2, 0.25) is 0 Å². The minimum absolute atomic E-state index is 0.234. The molecule has 0 radical (unpaired) electrons. The first kappa shape index (κ1) is 10.1. The van der Waals surface area contributed by atoms with Gasteiger partial charge in [-0.15, -0.1) is 0 Å². The number of halogens is 1. The normalized spacial score (nSPS) is 12.2. The molecule has 13 heavy (non-hydrogen) atoms. The van der Waals surface area contributed by atoms with Crippen molar-refractivity contribution in [3.63, 3.8) is 0 Å². The van der Waals surface area contributed by atoms with Crippen molar-refractivity contribution in [2.45, 2.75) is 12.8 Å². The first-order valence-electron chi connectivity index (χ1n) is 3.98. The highest BCUT2D eigenvalue weighted by atomic mass is 35.5. The second-order valence-electron chi connectivity index (χ2n) is 2.80. The molecule has 0 unspecified atom stereocenters. The summed E-state index contributed by atoms with van der Waals surface area (Å²) in [7, 11) is 1.38. The maximum atomic E-state index is 11.1. The molecule has 0 N–H and O–H groups in total. The zero-order valence-corrected chi connectivity index (χ0v) is 8.34. The Bertz CT molecular complexity index is 292. The van der Waals surface area contributed by atoms with Gasteiger partial charge in [-0.25, -0.2) is 0 Å². The van der Waals surface area contributed by atoms with E-state index in [1.807, 2.05) is 12.1 Å². The van der Waals surface area contributed by atoms with Gasteiger partial charge < -0.3 is 4.74 Å². The van der Waals surface area contributed by atoms with Gasteiger partial charge in [0.15, 0.2) is 0 Å². The number of methoxy groups -OCH3 is 1. The third-order valence-corrected chi connectivity index (χ3v) is 2.18. The molecule has 0 amide bonds. The Balaban J connectivity index is 2.83. The lowest BCUT2D eigenvalue weighted by molar-refractivity contribution is -0.141. The largest absolute Gasteiger partial charge is 0.469 e. The molecule has 0 aromatic heterocycles. The fraction of sp³-hybridized carbons (Fsp3) is 0.300. The van der Waals surface area contributed by atoms with Gasteiger partial charge in [-0.3, -0.25) is 4.79 Å². The fourth-order valence-electron chi connectivity index (χ4n) is 1.06. The molecule has 1 rings (SSSR count). The Morgan fingerprint density at radius 3 is 2.38 bits per heavy atom. The first-order chi connectivity index (χ1) is 6.15. The van der Waals surface area contributed by atoms with Crippen molar-refractivity contribution in [2.24, 2.45) is 0 Å². The molecule has 3 heteroatoms. The van der Waals surface area contributed by atoms with Gasteiger partial charge in [0.05, 0.1) is 13.0 Å². The molecule has 0 saturated carbocycles. The second-order valence-corrected chi connectivity index (χ2v) is 3.23. The van der Waals surface area contributed by atoms with E-state index in [0.29, 0.717) is 5.02 Å². The van der Waals surface area contributed by atoms with Crippen LogP contribution in [0.2, 0.25) is 5.02 Å². The molecule has 0 saturated heterocycles. The summed E-state index contributed by atoms with van der Waals surface area (Å²) < 4.78 is 4.62. The monoisotopic (exact) mass is 198 g/mol. The summed E-state index contributed by atoms with van der Waals surface area (Å²) in [6.07, 6.45) is 0. The summed E-state index contributed by atoms with van der Waals surface area (Å²) in [6, 6.07) is 7.17. The molecule has 0 aliphatic rings. The minimum Gasteiger partial charge on any atom is -0.469 e. The average molecular weight is 199 g/mol. The maximum Gasteiger partial charge on any atom is 0.312 e. The van der Waals surface area contributed by atoms with Crippen molar-refractivity contribution in [2.75, 3.05) is 7.11 Å². The van der Waals surface area contributed by atoms with Crippen molar-refractivity contribution in [3.8, 4) is 0 Å². The highest BCUT2D eigenvalue weighted by Crippen LogP contribution is 2.18. The fourth-order valence-corrected chi connectivity index (χ4v) is 1.19. The van der Waals surface area contributed by atoms with E-state index in [0.717, 1.165) is 5.56 Å². The molecule has 0 fully saturated rings. The summed E-state index contributed by atoms with van der Waals surface area (Å²) >= 11 is 5.71. The molecule has 0 aliphatic carbocycles. The number of rotatable bonds is 2. The number of hydrogen-bond acceptors (Lipinski definition) is 2. The Kier molecular flexibility index (Phi) is 3.32. The number of hydrogen-bond donors (Lipinski definition) is 0. The first-order valence-corrected chi connectivity index (χ1v) is 4.36. The van der Waals surface area contributed by atoms with Crippen molar-refractivity contribution in [3.05, 3.63) is 34.9 Å². The summed E-state index contributed by atoms with van der Waals surface area (Å²) in [5.74, 6) is -0.468. The Labute approximate surface area is 82.5 Å². The Hall–Kier alpha value is -1.02. The third-order valence-electron chi connectivity index (χ3n) is 1.92. The van der Waals surface area contributed by atoms with Crippen LogP contribution in [0.3, 0.4) is 0 Å². The topological polar surface area (TPSA) is 26.3 Å². The number of carbonyl (C=O) groups is 1. The minimum atomic E-state index is -0.234. The molecule has 0 bridgehead atoms. The van der Waals surface area contributed by atoms with Crippen LogP contribution in [-0.4, -0.2) is 13.1 Å². The molecule has 1 aromatic carbocycles. The van der Waals surface area contributed by atoms with E-state index in [9.17, 15) is 4.79 Å². The molecule has 0 aliphatic heterocycles. The quantitative estimate of drug-likeness (QED) is 0.683. The summed E-state index contributed by atoms with van der Waals surface area (Å²) in [4.78, 5) is 11.1. The van der Waals surface area contributed by atoms with Gasteiger partial charge in [-0.1, -0.05) is 23.7 Å². The van der Waals surface area contributed by atoms with Crippen LogP contribution in [0, 0.1) is 0 Å². The summed E-state index contributed by atoms with van der Waals surface area (Å²) in [5, 5.41) is 0.667. The van der Waals surface area contributed by atoms with E-state index in [1.54, 1.807) is 19.1 Å². The summed E-state index contributed by atoms with van der Waals surface area (Å²) in [6.45, 7) is 1.80. The molecular weight excluding hydrogens is 188 g/mol. The van der Waals surface area contributed by atoms with E-state index in [1.165, 1.54) is 7.11 Å². The third kappa shape index (κ3) is 2.46. The number of esters is 1. The lowest BCUT2D eigenvalue weighted by Crippen LogP contribution is -2.10. The van der Waals surface area contributed by atoms with Gasteiger partial charge in [0.25, 0.3) is 0 Å². The highest BCUT2D eigenvalue weighted by molar-refractivity contribution is 6.30. The molecule has 1 atom stereocenters. The van der Waals surface area contributed by atoms with Crippen LogP contribution in [-0.2, 0) is 9.53 Å². The van der Waals surface area contributed by atoms with Gasteiger partial charge in [-0.2, -0.15) is 0 Å². The number of benzene rings is 1. The predicted molar refractivity (Wildman–Crippen MR) is 51.9 cm³/mol. The standard InChI is InChI=1S/C10H11ClO2/c1-7(10(12)13-2)8-3-5-9(11)6-4-8/h3-7H,1-2H3/t7-/m0/s1. The van der Waals surface area contributed by atoms with Crippen molar-refractivity contribution in [1.29, 1.82) is 0 Å². The SMILES string of the molecule is COC(=O)[C@@H](C)c1ccc(Cl)cc1. The Morgan fingerprint density at radius 2 is 1.92 bits per heavy atom. The van der Waals surface area contributed by atoms with E-state index >= 15 is 0 Å². The van der Waals surface area contributed by atoms with E-state index in [2.05, 4.69) is 4.74 Å². The lowest BCUT2D eigenvalue weighted by atomic mass is 10.0. The molecule has 1 aromatic rings. The average Bonchev–Trinajstić information content (AvgIpc) is 2.17. The van der Waals surface area contributed by atoms with Crippen molar-refractivity contribution >= 4 is 17.6 Å². The molecule has 70 valence electrons. The molecule has 0 heterocycles. The molecular formula is C10H11ClO2. The molecule has 0 spiro atoms. The van der Waals surface area contributed by atoms with Crippen LogP contribution in [0.25, 0.3) is 0 Å². The van der Waals surface area contributed by atoms with E-state index in [4.69, 9.17) is 11.6 Å². The smallest absolute Gasteiger partial charge is 0.312 e. The maximum absolute atomic E-state index is 11.1. The van der Waals surface area contributed by atoms with Crippen molar-refractivity contribution in [1.82, 2.24) is 0 Å². The van der Waals surface area contributed by atoms with Crippen LogP contribution < -0.4 is 0 Å². The van der Waals surface area contributed by atoms with E-state index in [-0.39, 0.29) is 11.9 Å². The van der Waals surface area contributed by atoms with Crippen LogP contribution in [0.4, 0.5) is 0 Å². The second kappa shape index (κ2) is 4.28. The van der Waals surface area contributed by atoms with Gasteiger partial charge in [0, 0.05) is 5.02 Å². The predicted octanol–water partition coefficient (Wildman–Crippen LogP) is 2.62. The summed E-state index contributed by atoms with van der Waals surface area (Å²) in [5.41, 5.74) is 0.913. The highest BCUT2D eigenvalue weighted by Gasteiger charge is 2.14. The van der Waals surface area contributed by atoms with Gasteiger partial charge >= 0.3 is 5.97 Å². The zero-order valence-electron chi connectivity index (χ0n) is 7.58. The van der Waals surface area contributed by atoms with E-state index < -0.39 is 0 Å².